The summed E-state index contributed by atoms with van der Waals surface area (Å²) >= 11 is 1.59. The summed E-state index contributed by atoms with van der Waals surface area (Å²) in [6.07, 6.45) is 6.92. The largest absolute Gasteiger partial charge is 0.350 e. The Kier molecular flexibility index (Phi) is 5.38. The Hall–Kier alpha value is -3.13. The van der Waals surface area contributed by atoms with Gasteiger partial charge in [-0.1, -0.05) is 24.3 Å². The van der Waals surface area contributed by atoms with Crippen LogP contribution in [0.4, 0.5) is 0 Å². The highest BCUT2D eigenvalue weighted by molar-refractivity contribution is 7.99. The first-order valence-electron chi connectivity index (χ1n) is 8.87. The molecular weight excluding hydrogens is 374 g/mol. The van der Waals surface area contributed by atoms with E-state index in [0.29, 0.717) is 23.7 Å². The molecule has 3 aromatic rings. The highest BCUT2D eigenvalue weighted by Crippen LogP contribution is 2.23. The van der Waals surface area contributed by atoms with Crippen molar-refractivity contribution in [1.82, 2.24) is 24.8 Å². The van der Waals surface area contributed by atoms with E-state index in [2.05, 4.69) is 15.3 Å². The van der Waals surface area contributed by atoms with Gasteiger partial charge in [0.15, 0.2) is 0 Å². The van der Waals surface area contributed by atoms with Gasteiger partial charge in [-0.15, -0.1) is 11.8 Å². The molecule has 8 heteroatoms. The predicted molar refractivity (Wildman–Crippen MR) is 107 cm³/mol. The van der Waals surface area contributed by atoms with Crippen LogP contribution < -0.4 is 5.32 Å². The lowest BCUT2D eigenvalue weighted by Crippen LogP contribution is -2.47. The summed E-state index contributed by atoms with van der Waals surface area (Å²) < 4.78 is 1.81. The third-order valence-corrected chi connectivity index (χ3v) is 5.52. The van der Waals surface area contributed by atoms with Crippen LogP contribution in [0.1, 0.15) is 15.9 Å². The van der Waals surface area contributed by atoms with Gasteiger partial charge in [0, 0.05) is 36.5 Å². The van der Waals surface area contributed by atoms with Gasteiger partial charge in [-0.05, 0) is 23.8 Å². The van der Waals surface area contributed by atoms with Gasteiger partial charge in [0.1, 0.15) is 18.2 Å². The minimum Gasteiger partial charge on any atom is -0.350 e. The smallest absolute Gasteiger partial charge is 0.255 e. The molecule has 0 saturated carbocycles. The molecule has 1 atom stereocenters. The zero-order valence-electron chi connectivity index (χ0n) is 15.1. The number of amides is 2. The predicted octanol–water partition coefficient (Wildman–Crippen LogP) is 2.10. The van der Waals surface area contributed by atoms with Gasteiger partial charge >= 0.3 is 0 Å². The van der Waals surface area contributed by atoms with Crippen LogP contribution in [0.25, 0.3) is 5.82 Å². The van der Waals surface area contributed by atoms with Crippen molar-refractivity contribution in [2.75, 3.05) is 11.6 Å². The molecule has 1 aromatic carbocycles. The number of hydrogen-bond donors (Lipinski definition) is 1. The van der Waals surface area contributed by atoms with E-state index >= 15 is 0 Å². The molecule has 0 bridgehead atoms. The monoisotopic (exact) mass is 393 g/mol. The van der Waals surface area contributed by atoms with Gasteiger partial charge in [-0.25, -0.2) is 9.97 Å². The summed E-state index contributed by atoms with van der Waals surface area (Å²) in [5.41, 5.74) is 1.49. The lowest BCUT2D eigenvalue weighted by atomic mass is 10.1. The maximum absolute atomic E-state index is 12.7. The van der Waals surface area contributed by atoms with Crippen molar-refractivity contribution in [2.24, 2.45) is 0 Å². The second kappa shape index (κ2) is 8.26. The third-order valence-electron chi connectivity index (χ3n) is 4.51. The van der Waals surface area contributed by atoms with Crippen molar-refractivity contribution in [3.63, 3.8) is 0 Å². The number of thioether (sulfide) groups is 1. The molecule has 1 aliphatic rings. The Morgan fingerprint density at radius 2 is 2.04 bits per heavy atom. The highest BCUT2D eigenvalue weighted by Gasteiger charge is 2.34. The average Bonchev–Trinajstić information content (AvgIpc) is 3.45. The highest BCUT2D eigenvalue weighted by atomic mass is 32.2. The molecule has 1 saturated heterocycles. The van der Waals surface area contributed by atoms with Gasteiger partial charge in [0.25, 0.3) is 5.91 Å². The fourth-order valence-electron chi connectivity index (χ4n) is 2.98. The number of carbonyl (C=O) groups excluding carboxylic acids is 2. The van der Waals surface area contributed by atoms with Crippen molar-refractivity contribution in [2.45, 2.75) is 12.6 Å². The van der Waals surface area contributed by atoms with E-state index in [9.17, 15) is 9.59 Å². The van der Waals surface area contributed by atoms with Crippen LogP contribution in [0.5, 0.6) is 0 Å². The van der Waals surface area contributed by atoms with Crippen LogP contribution >= 0.6 is 11.8 Å². The fraction of sp³-hybridized carbons (Fsp3) is 0.200. The minimum absolute atomic E-state index is 0.114. The SMILES string of the molecule is O=C(NCc1ccc(-n2ccnc2)nc1)C1CSCN1C(=O)c1ccccc1. The van der Waals surface area contributed by atoms with Gasteiger partial charge < -0.3 is 10.2 Å². The molecule has 28 heavy (non-hydrogen) atoms. The van der Waals surface area contributed by atoms with Crippen molar-refractivity contribution in [3.8, 4) is 5.82 Å². The van der Waals surface area contributed by atoms with Crippen molar-refractivity contribution in [3.05, 3.63) is 78.5 Å². The summed E-state index contributed by atoms with van der Waals surface area (Å²) in [6, 6.07) is 12.4. The Labute approximate surface area is 166 Å². The molecule has 1 fully saturated rings. The normalized spacial score (nSPS) is 16.1. The van der Waals surface area contributed by atoms with Crippen LogP contribution in [-0.2, 0) is 11.3 Å². The number of pyridine rings is 1. The van der Waals surface area contributed by atoms with Crippen LogP contribution in [-0.4, -0.2) is 48.9 Å². The molecule has 7 nitrogen and oxygen atoms in total. The second-order valence-corrected chi connectivity index (χ2v) is 7.37. The summed E-state index contributed by atoms with van der Waals surface area (Å²) in [5, 5.41) is 2.93. The number of rotatable bonds is 5. The number of benzene rings is 1. The molecule has 1 unspecified atom stereocenters. The molecule has 1 aliphatic heterocycles. The van der Waals surface area contributed by atoms with Crippen molar-refractivity contribution in [1.29, 1.82) is 0 Å². The molecule has 4 rings (SSSR count). The van der Waals surface area contributed by atoms with E-state index in [1.165, 1.54) is 0 Å². The summed E-state index contributed by atoms with van der Waals surface area (Å²) in [5.74, 6) is 1.62. The van der Waals surface area contributed by atoms with Crippen LogP contribution in [0.3, 0.4) is 0 Å². The quantitative estimate of drug-likeness (QED) is 0.718. The molecule has 1 N–H and O–H groups in total. The zero-order valence-corrected chi connectivity index (χ0v) is 15.9. The zero-order chi connectivity index (χ0) is 19.3. The van der Waals surface area contributed by atoms with Crippen LogP contribution in [0.2, 0.25) is 0 Å². The van der Waals surface area contributed by atoms with E-state index in [4.69, 9.17) is 0 Å². The Bertz CT molecular complexity index is 944. The number of aromatic nitrogens is 3. The molecule has 0 radical (unpaired) electrons. The number of hydrogen-bond acceptors (Lipinski definition) is 5. The van der Waals surface area contributed by atoms with Crippen LogP contribution in [0, 0.1) is 0 Å². The summed E-state index contributed by atoms with van der Waals surface area (Å²) in [4.78, 5) is 35.4. The van der Waals surface area contributed by atoms with Gasteiger partial charge in [0.05, 0.1) is 5.88 Å². The van der Waals surface area contributed by atoms with E-state index in [1.54, 1.807) is 47.5 Å². The molecule has 142 valence electrons. The van der Waals surface area contributed by atoms with Crippen molar-refractivity contribution >= 4 is 23.6 Å². The van der Waals surface area contributed by atoms with E-state index in [0.717, 1.165) is 11.4 Å². The van der Waals surface area contributed by atoms with E-state index in [1.807, 2.05) is 41.1 Å². The van der Waals surface area contributed by atoms with Gasteiger partial charge in [0.2, 0.25) is 5.91 Å². The summed E-state index contributed by atoms with van der Waals surface area (Å²) in [6.45, 7) is 0.366. The summed E-state index contributed by atoms with van der Waals surface area (Å²) in [7, 11) is 0. The first kappa shape index (κ1) is 18.2. The maximum Gasteiger partial charge on any atom is 0.255 e. The topological polar surface area (TPSA) is 80.1 Å². The lowest BCUT2D eigenvalue weighted by Gasteiger charge is -2.23. The Balaban J connectivity index is 1.37. The molecule has 3 heterocycles. The first-order chi connectivity index (χ1) is 13.7. The number of imidazole rings is 1. The molecular formula is C20H19N5O2S. The van der Waals surface area contributed by atoms with E-state index < -0.39 is 6.04 Å². The average molecular weight is 393 g/mol. The van der Waals surface area contributed by atoms with Crippen molar-refractivity contribution < 1.29 is 9.59 Å². The maximum atomic E-state index is 12.7. The number of carbonyl (C=O) groups is 2. The van der Waals surface area contributed by atoms with Crippen LogP contribution in [0.15, 0.2) is 67.4 Å². The minimum atomic E-state index is -0.462. The standard InChI is InChI=1S/C20H19N5O2S/c26-19(17-12-28-14-25(17)20(27)16-4-2-1-3-5-16)23-11-15-6-7-18(22-10-15)24-9-8-21-13-24/h1-10,13,17H,11-12,14H2,(H,23,26). The Morgan fingerprint density at radius 1 is 1.18 bits per heavy atom. The Morgan fingerprint density at radius 3 is 2.75 bits per heavy atom. The first-order valence-corrected chi connectivity index (χ1v) is 10.0. The van der Waals surface area contributed by atoms with E-state index in [-0.39, 0.29) is 11.8 Å². The van der Waals surface area contributed by atoms with Gasteiger partial charge in [-0.2, -0.15) is 0 Å². The number of nitrogens with zero attached hydrogens (tertiary/aromatic N) is 4. The molecule has 0 spiro atoms. The molecule has 2 aromatic heterocycles. The molecule has 0 aliphatic carbocycles. The lowest BCUT2D eigenvalue weighted by molar-refractivity contribution is -0.124. The fourth-order valence-corrected chi connectivity index (χ4v) is 4.14. The third kappa shape index (κ3) is 3.91. The number of nitrogens with one attached hydrogen (secondary N) is 1. The second-order valence-electron chi connectivity index (χ2n) is 6.37. The molecule has 2 amide bonds. The van der Waals surface area contributed by atoms with Gasteiger partial charge in [-0.3, -0.25) is 14.2 Å².